The molecule has 3 heterocycles. The van der Waals surface area contributed by atoms with E-state index in [1.165, 1.54) is 17.2 Å². The van der Waals surface area contributed by atoms with Gasteiger partial charge in [-0.3, -0.25) is 9.88 Å². The Hall–Kier alpha value is -1.89. The number of rotatable bonds is 7. The zero-order valence-electron chi connectivity index (χ0n) is 13.8. The first-order chi connectivity index (χ1) is 12.0. The number of anilines is 1. The van der Waals surface area contributed by atoms with Gasteiger partial charge in [-0.15, -0.1) is 0 Å². The van der Waals surface area contributed by atoms with Crippen LogP contribution in [0.4, 0.5) is 5.82 Å². The molecular weight excluding hydrogens is 330 g/mol. The minimum Gasteiger partial charge on any atom is -0.388 e. The van der Waals surface area contributed by atoms with Crippen molar-refractivity contribution in [3.8, 4) is 0 Å². The van der Waals surface area contributed by atoms with E-state index in [2.05, 4.69) is 25.6 Å². The van der Waals surface area contributed by atoms with Crippen LogP contribution in [0.5, 0.6) is 0 Å². The molecule has 0 bridgehead atoms. The Labute approximate surface area is 143 Å². The number of nitrogen functional groups attached to an aromatic ring is 1. The van der Waals surface area contributed by atoms with E-state index in [0.717, 1.165) is 0 Å². The van der Waals surface area contributed by atoms with Gasteiger partial charge in [-0.2, -0.15) is 0 Å². The van der Waals surface area contributed by atoms with Gasteiger partial charge in [-0.25, -0.2) is 15.0 Å². The number of aliphatic hydroxyl groups is 3. The number of ether oxygens (including phenoxy) is 1. The quantitative estimate of drug-likeness (QED) is 0.232. The van der Waals surface area contributed by atoms with Crippen molar-refractivity contribution in [2.75, 3.05) is 25.9 Å². The molecule has 0 amide bonds. The van der Waals surface area contributed by atoms with E-state index < -0.39 is 30.8 Å². The Kier molecular flexibility index (Phi) is 5.42. The van der Waals surface area contributed by atoms with Gasteiger partial charge in [0.1, 0.15) is 30.3 Å². The summed E-state index contributed by atoms with van der Waals surface area (Å²) in [7, 11) is 1.81. The standard InChI is InChI=1S/C14H23N7O4/c1-16-2-3-17-8(22)4-7-10(23)11(24)14(25-7)21-6-20-9-12(15)18-5-19-13(9)21/h5-8,10-11,14,16-17,22-24H,2-4H2,1H3,(H2,15,18,19)/t7-,8?,10-,11-,14-/m1/s1. The number of hydrogen-bond donors (Lipinski definition) is 6. The number of hydrogen-bond acceptors (Lipinski definition) is 10. The smallest absolute Gasteiger partial charge is 0.167 e. The van der Waals surface area contributed by atoms with Crippen molar-refractivity contribution in [1.29, 1.82) is 0 Å². The second-order valence-electron chi connectivity index (χ2n) is 5.94. The summed E-state index contributed by atoms with van der Waals surface area (Å²) in [4.78, 5) is 12.1. The van der Waals surface area contributed by atoms with E-state index >= 15 is 0 Å². The Bertz CT molecular complexity index is 712. The van der Waals surface area contributed by atoms with Crippen LogP contribution < -0.4 is 16.4 Å². The highest BCUT2D eigenvalue weighted by Crippen LogP contribution is 2.33. The summed E-state index contributed by atoms with van der Waals surface area (Å²) in [5, 5.41) is 36.4. The van der Waals surface area contributed by atoms with Crippen LogP contribution in [-0.4, -0.2) is 79.5 Å². The number of fused-ring (bicyclic) bond motifs is 1. The maximum Gasteiger partial charge on any atom is 0.167 e. The van der Waals surface area contributed by atoms with Crippen LogP contribution in [0.3, 0.4) is 0 Å². The molecular formula is C14H23N7O4. The lowest BCUT2D eigenvalue weighted by molar-refractivity contribution is -0.0522. The van der Waals surface area contributed by atoms with E-state index in [1.807, 2.05) is 7.05 Å². The molecule has 2 aromatic rings. The molecule has 1 fully saturated rings. The van der Waals surface area contributed by atoms with Crippen molar-refractivity contribution in [2.45, 2.75) is 37.2 Å². The summed E-state index contributed by atoms with van der Waals surface area (Å²) in [6, 6.07) is 0. The lowest BCUT2D eigenvalue weighted by Crippen LogP contribution is -2.40. The van der Waals surface area contributed by atoms with Gasteiger partial charge in [0.25, 0.3) is 0 Å². The highest BCUT2D eigenvalue weighted by Gasteiger charge is 2.44. The molecule has 0 saturated carbocycles. The first-order valence-corrected chi connectivity index (χ1v) is 8.03. The molecule has 11 nitrogen and oxygen atoms in total. The monoisotopic (exact) mass is 353 g/mol. The van der Waals surface area contributed by atoms with Crippen molar-refractivity contribution in [3.63, 3.8) is 0 Å². The van der Waals surface area contributed by atoms with E-state index in [-0.39, 0.29) is 12.2 Å². The zero-order chi connectivity index (χ0) is 18.0. The van der Waals surface area contributed by atoms with Crippen molar-refractivity contribution in [3.05, 3.63) is 12.7 Å². The predicted octanol–water partition coefficient (Wildman–Crippen LogP) is -2.45. The molecule has 2 aromatic heterocycles. The number of nitrogens with zero attached hydrogens (tertiary/aromatic N) is 4. The largest absolute Gasteiger partial charge is 0.388 e. The molecule has 25 heavy (non-hydrogen) atoms. The van der Waals surface area contributed by atoms with Gasteiger partial charge in [0.2, 0.25) is 0 Å². The van der Waals surface area contributed by atoms with Crippen molar-refractivity contribution < 1.29 is 20.1 Å². The second kappa shape index (κ2) is 7.56. The lowest BCUT2D eigenvalue weighted by Gasteiger charge is -2.19. The van der Waals surface area contributed by atoms with Gasteiger partial charge in [0, 0.05) is 19.5 Å². The number of nitrogens with one attached hydrogen (secondary N) is 2. The summed E-state index contributed by atoms with van der Waals surface area (Å²) in [5.41, 5.74) is 6.55. The summed E-state index contributed by atoms with van der Waals surface area (Å²) in [6.07, 6.45) is -1.98. The summed E-state index contributed by atoms with van der Waals surface area (Å²) >= 11 is 0. The van der Waals surface area contributed by atoms with E-state index in [9.17, 15) is 15.3 Å². The van der Waals surface area contributed by atoms with Crippen LogP contribution >= 0.6 is 0 Å². The van der Waals surface area contributed by atoms with Crippen molar-refractivity contribution >= 4 is 17.0 Å². The number of likely N-dealkylation sites (N-methyl/N-ethyl adjacent to an activating group) is 1. The molecule has 1 saturated heterocycles. The third-order valence-electron chi connectivity index (χ3n) is 4.21. The maximum absolute atomic E-state index is 10.3. The molecule has 0 aliphatic carbocycles. The average Bonchev–Trinajstić information content (AvgIpc) is 3.13. The first-order valence-electron chi connectivity index (χ1n) is 8.03. The lowest BCUT2D eigenvalue weighted by atomic mass is 10.1. The SMILES string of the molecule is CNCCNC(O)C[C@H]1O[C@@H](n2cnc3c(N)ncnc32)[C@H](O)[C@@H]1O. The number of aromatic nitrogens is 4. The molecule has 1 unspecified atom stereocenters. The fraction of sp³-hybridized carbons (Fsp3) is 0.643. The van der Waals surface area contributed by atoms with Crippen LogP contribution in [0.15, 0.2) is 12.7 Å². The van der Waals surface area contributed by atoms with Crippen LogP contribution in [-0.2, 0) is 4.74 Å². The van der Waals surface area contributed by atoms with Gasteiger partial charge in [-0.05, 0) is 7.05 Å². The molecule has 1 aliphatic rings. The Balaban J connectivity index is 1.72. The molecule has 138 valence electrons. The number of aliphatic hydroxyl groups excluding tert-OH is 3. The minimum absolute atomic E-state index is 0.127. The van der Waals surface area contributed by atoms with E-state index in [1.54, 1.807) is 0 Å². The number of imidazole rings is 1. The fourth-order valence-corrected chi connectivity index (χ4v) is 2.88. The molecule has 0 spiro atoms. The van der Waals surface area contributed by atoms with E-state index in [4.69, 9.17) is 10.5 Å². The third kappa shape index (κ3) is 3.56. The van der Waals surface area contributed by atoms with Crippen LogP contribution in [0.2, 0.25) is 0 Å². The fourth-order valence-electron chi connectivity index (χ4n) is 2.88. The summed E-state index contributed by atoms with van der Waals surface area (Å²) < 4.78 is 7.26. The Morgan fingerprint density at radius 1 is 1.28 bits per heavy atom. The molecule has 11 heteroatoms. The van der Waals surface area contributed by atoms with Crippen molar-refractivity contribution in [2.24, 2.45) is 0 Å². The van der Waals surface area contributed by atoms with Gasteiger partial charge in [0.15, 0.2) is 17.7 Å². The van der Waals surface area contributed by atoms with Gasteiger partial charge < -0.3 is 31.1 Å². The molecule has 1 aliphatic heterocycles. The maximum atomic E-state index is 10.3. The van der Waals surface area contributed by atoms with Crippen LogP contribution in [0.25, 0.3) is 11.2 Å². The summed E-state index contributed by atoms with van der Waals surface area (Å²) in [6.45, 7) is 1.26. The normalized spacial score (nSPS) is 27.8. The highest BCUT2D eigenvalue weighted by atomic mass is 16.6. The molecule has 0 aromatic carbocycles. The van der Waals surface area contributed by atoms with Gasteiger partial charge >= 0.3 is 0 Å². The molecule has 0 radical (unpaired) electrons. The molecule has 5 atom stereocenters. The molecule has 3 rings (SSSR count). The Morgan fingerprint density at radius 2 is 2.08 bits per heavy atom. The summed E-state index contributed by atoms with van der Waals surface area (Å²) in [5.74, 6) is 0.220. The topological polar surface area (TPSA) is 164 Å². The average molecular weight is 353 g/mol. The van der Waals surface area contributed by atoms with Gasteiger partial charge in [-0.1, -0.05) is 0 Å². The minimum atomic E-state index is -1.19. The third-order valence-corrected chi connectivity index (χ3v) is 4.21. The van der Waals surface area contributed by atoms with E-state index in [0.29, 0.717) is 24.3 Å². The zero-order valence-corrected chi connectivity index (χ0v) is 13.8. The highest BCUT2D eigenvalue weighted by molar-refractivity contribution is 5.81. The van der Waals surface area contributed by atoms with Crippen LogP contribution in [0.1, 0.15) is 12.6 Å². The Morgan fingerprint density at radius 3 is 2.84 bits per heavy atom. The first kappa shape index (κ1) is 17.9. The van der Waals surface area contributed by atoms with Crippen molar-refractivity contribution in [1.82, 2.24) is 30.2 Å². The second-order valence-corrected chi connectivity index (χ2v) is 5.94. The predicted molar refractivity (Wildman–Crippen MR) is 88.2 cm³/mol. The molecule has 7 N–H and O–H groups in total. The van der Waals surface area contributed by atoms with Crippen LogP contribution in [0, 0.1) is 0 Å². The van der Waals surface area contributed by atoms with Gasteiger partial charge in [0.05, 0.1) is 12.4 Å². The number of nitrogens with two attached hydrogens (primary N) is 1.